The summed E-state index contributed by atoms with van der Waals surface area (Å²) >= 11 is 6.54. The van der Waals surface area contributed by atoms with Crippen molar-refractivity contribution in [3.63, 3.8) is 0 Å². The number of allylic oxidation sites excluding steroid dienone is 2. The average molecular weight is 518 g/mol. The second-order valence-electron chi connectivity index (χ2n) is 8.05. The molecule has 35 heavy (non-hydrogen) atoms. The van der Waals surface area contributed by atoms with Crippen molar-refractivity contribution in [1.82, 2.24) is 5.32 Å². The molecule has 1 N–H and O–H groups in total. The molecule has 9 heteroatoms. The van der Waals surface area contributed by atoms with Gasteiger partial charge in [0.2, 0.25) is 9.84 Å². The summed E-state index contributed by atoms with van der Waals surface area (Å²) in [5, 5.41) is 3.29. The standard InChI is InChI=1S/C26H28ClNO6S/c1-4-5-15-33-26(30)24-22(16-34-18(3)29)28-17(2)25(23(24)20-13-9-10-14-21(20)27)35(31,32)19-11-7-6-8-12-19/h6-14,23,28H,4-5,15-16H2,1-3H3. The zero-order chi connectivity index (χ0) is 25.6. The van der Waals surface area contributed by atoms with Crippen molar-refractivity contribution in [2.45, 2.75) is 44.4 Å². The fourth-order valence-electron chi connectivity index (χ4n) is 3.88. The Morgan fingerprint density at radius 1 is 1.03 bits per heavy atom. The molecule has 1 unspecified atom stereocenters. The van der Waals surface area contributed by atoms with Gasteiger partial charge in [-0.15, -0.1) is 0 Å². The molecule has 1 atom stereocenters. The summed E-state index contributed by atoms with van der Waals surface area (Å²) in [5.41, 5.74) is 1.00. The molecule has 1 aliphatic heterocycles. The van der Waals surface area contributed by atoms with E-state index >= 15 is 0 Å². The number of halogens is 1. The first-order chi connectivity index (χ1) is 16.7. The van der Waals surface area contributed by atoms with E-state index in [-0.39, 0.29) is 34.3 Å². The van der Waals surface area contributed by atoms with Crippen LogP contribution in [0.4, 0.5) is 0 Å². The SMILES string of the molecule is CCCCOC(=O)C1=C(COC(C)=O)NC(C)=C(S(=O)(=O)c2ccccc2)C1c1ccccc1Cl. The summed E-state index contributed by atoms with van der Waals surface area (Å²) in [6.45, 7) is 4.72. The van der Waals surface area contributed by atoms with E-state index in [0.29, 0.717) is 22.7 Å². The Morgan fingerprint density at radius 2 is 1.69 bits per heavy atom. The Bertz CT molecular complexity index is 1270. The number of hydrogen-bond donors (Lipinski definition) is 1. The predicted molar refractivity (Wildman–Crippen MR) is 133 cm³/mol. The maximum absolute atomic E-state index is 13.9. The van der Waals surface area contributed by atoms with Gasteiger partial charge in [0.15, 0.2) is 0 Å². The lowest BCUT2D eigenvalue weighted by atomic mass is 9.86. The van der Waals surface area contributed by atoms with Crippen molar-refractivity contribution in [3.8, 4) is 0 Å². The van der Waals surface area contributed by atoms with Gasteiger partial charge < -0.3 is 14.8 Å². The third-order valence-corrected chi connectivity index (χ3v) is 7.87. The molecule has 0 amide bonds. The van der Waals surface area contributed by atoms with Gasteiger partial charge >= 0.3 is 11.9 Å². The number of unbranched alkanes of at least 4 members (excludes halogenated alkanes) is 1. The van der Waals surface area contributed by atoms with Gasteiger partial charge in [-0.05, 0) is 37.1 Å². The molecule has 0 saturated carbocycles. The highest BCUT2D eigenvalue weighted by molar-refractivity contribution is 7.95. The van der Waals surface area contributed by atoms with Gasteiger partial charge in [0.05, 0.1) is 33.6 Å². The van der Waals surface area contributed by atoms with E-state index in [0.717, 1.165) is 6.42 Å². The number of hydrogen-bond acceptors (Lipinski definition) is 7. The van der Waals surface area contributed by atoms with Crippen LogP contribution < -0.4 is 5.32 Å². The fourth-order valence-corrected chi connectivity index (χ4v) is 5.91. The summed E-state index contributed by atoms with van der Waals surface area (Å²) in [4.78, 5) is 25.0. The normalized spacial score (nSPS) is 16.1. The molecular weight excluding hydrogens is 490 g/mol. The van der Waals surface area contributed by atoms with Crippen LogP contribution in [0.2, 0.25) is 5.02 Å². The van der Waals surface area contributed by atoms with E-state index in [1.54, 1.807) is 49.4 Å². The number of dihydropyridines is 1. The molecule has 2 aromatic rings. The van der Waals surface area contributed by atoms with Gasteiger partial charge in [-0.3, -0.25) is 4.79 Å². The highest BCUT2D eigenvalue weighted by Gasteiger charge is 2.42. The van der Waals surface area contributed by atoms with Gasteiger partial charge in [0.1, 0.15) is 6.61 Å². The molecule has 1 aliphatic rings. The van der Waals surface area contributed by atoms with Gasteiger partial charge in [-0.25, -0.2) is 13.2 Å². The molecule has 0 aromatic heterocycles. The topological polar surface area (TPSA) is 98.8 Å². The molecule has 186 valence electrons. The van der Waals surface area contributed by atoms with Crippen LogP contribution in [0.25, 0.3) is 0 Å². The number of carbonyl (C=O) groups excluding carboxylic acids is 2. The third-order valence-electron chi connectivity index (χ3n) is 5.51. The summed E-state index contributed by atoms with van der Waals surface area (Å²) < 4.78 is 38.5. The monoisotopic (exact) mass is 517 g/mol. The number of ether oxygens (including phenoxy) is 2. The Morgan fingerprint density at radius 3 is 2.31 bits per heavy atom. The average Bonchev–Trinajstić information content (AvgIpc) is 2.83. The summed E-state index contributed by atoms with van der Waals surface area (Å²) in [6.07, 6.45) is 1.46. The lowest BCUT2D eigenvalue weighted by molar-refractivity contribution is -0.142. The van der Waals surface area contributed by atoms with E-state index in [2.05, 4.69) is 5.32 Å². The Kier molecular flexibility index (Phi) is 8.75. The zero-order valence-electron chi connectivity index (χ0n) is 19.8. The molecule has 0 aliphatic carbocycles. The summed E-state index contributed by atoms with van der Waals surface area (Å²) in [5.74, 6) is -2.32. The molecule has 0 spiro atoms. The van der Waals surface area contributed by atoms with E-state index in [4.69, 9.17) is 21.1 Å². The van der Waals surface area contributed by atoms with Gasteiger partial charge in [0, 0.05) is 17.6 Å². The van der Waals surface area contributed by atoms with Crippen molar-refractivity contribution >= 4 is 33.4 Å². The highest BCUT2D eigenvalue weighted by Crippen LogP contribution is 2.45. The van der Waals surface area contributed by atoms with Crippen molar-refractivity contribution < 1.29 is 27.5 Å². The van der Waals surface area contributed by atoms with E-state index in [1.807, 2.05) is 6.92 Å². The molecule has 0 radical (unpaired) electrons. The Labute approximate surface area is 210 Å². The largest absolute Gasteiger partial charge is 0.462 e. The molecule has 2 aromatic carbocycles. The molecule has 1 heterocycles. The zero-order valence-corrected chi connectivity index (χ0v) is 21.4. The first-order valence-corrected chi connectivity index (χ1v) is 13.1. The van der Waals surface area contributed by atoms with Crippen molar-refractivity contribution in [2.75, 3.05) is 13.2 Å². The second-order valence-corrected chi connectivity index (χ2v) is 10.4. The maximum Gasteiger partial charge on any atom is 0.336 e. The van der Waals surface area contributed by atoms with Crippen LogP contribution in [0.1, 0.15) is 45.1 Å². The van der Waals surface area contributed by atoms with Crippen molar-refractivity contribution in [3.05, 3.63) is 87.1 Å². The summed E-state index contributed by atoms with van der Waals surface area (Å²) in [7, 11) is -4.06. The third kappa shape index (κ3) is 5.94. The van der Waals surface area contributed by atoms with Crippen molar-refractivity contribution in [1.29, 1.82) is 0 Å². The number of rotatable bonds is 9. The number of carbonyl (C=O) groups is 2. The van der Waals surface area contributed by atoms with E-state index < -0.39 is 27.7 Å². The van der Waals surface area contributed by atoms with Crippen LogP contribution in [0, 0.1) is 0 Å². The fraction of sp³-hybridized carbons (Fsp3) is 0.308. The molecule has 3 rings (SSSR count). The minimum atomic E-state index is -4.06. The van der Waals surface area contributed by atoms with Crippen LogP contribution in [0.5, 0.6) is 0 Å². The van der Waals surface area contributed by atoms with Crippen LogP contribution in [-0.4, -0.2) is 33.6 Å². The quantitative estimate of drug-likeness (QED) is 0.373. The Hall–Kier alpha value is -3.10. The van der Waals surface area contributed by atoms with Gasteiger partial charge in [0.25, 0.3) is 0 Å². The van der Waals surface area contributed by atoms with Crippen LogP contribution in [0.15, 0.2) is 81.4 Å². The highest BCUT2D eigenvalue weighted by atomic mass is 35.5. The maximum atomic E-state index is 13.9. The number of nitrogens with one attached hydrogen (secondary N) is 1. The molecule has 0 saturated heterocycles. The molecule has 7 nitrogen and oxygen atoms in total. The number of benzene rings is 2. The molecule has 0 fully saturated rings. The first-order valence-electron chi connectivity index (χ1n) is 11.2. The van der Waals surface area contributed by atoms with Crippen LogP contribution in [0.3, 0.4) is 0 Å². The minimum Gasteiger partial charge on any atom is -0.462 e. The van der Waals surface area contributed by atoms with Crippen molar-refractivity contribution in [2.24, 2.45) is 0 Å². The molecule has 0 bridgehead atoms. The van der Waals surface area contributed by atoms with E-state index in [1.165, 1.54) is 19.1 Å². The van der Waals surface area contributed by atoms with Crippen LogP contribution >= 0.6 is 11.6 Å². The van der Waals surface area contributed by atoms with Crippen LogP contribution in [-0.2, 0) is 28.9 Å². The van der Waals surface area contributed by atoms with Gasteiger partial charge in [-0.1, -0.05) is 61.3 Å². The predicted octanol–water partition coefficient (Wildman–Crippen LogP) is 4.89. The number of esters is 2. The lowest BCUT2D eigenvalue weighted by Crippen LogP contribution is -2.34. The second kappa shape index (κ2) is 11.6. The summed E-state index contributed by atoms with van der Waals surface area (Å²) in [6, 6.07) is 14.7. The number of sulfone groups is 1. The molecular formula is C26H28ClNO6S. The lowest BCUT2D eigenvalue weighted by Gasteiger charge is -2.32. The van der Waals surface area contributed by atoms with Gasteiger partial charge in [-0.2, -0.15) is 0 Å². The first kappa shape index (κ1) is 26.5. The Balaban J connectivity index is 2.26. The minimum absolute atomic E-state index is 0.0224. The smallest absolute Gasteiger partial charge is 0.336 e. The van der Waals surface area contributed by atoms with E-state index in [9.17, 15) is 18.0 Å².